The van der Waals surface area contributed by atoms with Gasteiger partial charge in [0.05, 0.1) is 10.2 Å². The van der Waals surface area contributed by atoms with Crippen molar-refractivity contribution in [2.75, 3.05) is 0 Å². The van der Waals surface area contributed by atoms with Gasteiger partial charge in [-0.2, -0.15) is 0 Å². The molecule has 0 aliphatic rings. The molecule has 0 atom stereocenters. The van der Waals surface area contributed by atoms with Gasteiger partial charge >= 0.3 is 6.09 Å². The number of pyridine rings is 1. The summed E-state index contributed by atoms with van der Waals surface area (Å²) in [6.07, 6.45) is 1.06. The zero-order valence-corrected chi connectivity index (χ0v) is 16.5. The number of aromatic nitrogens is 4. The summed E-state index contributed by atoms with van der Waals surface area (Å²) in [5, 5.41) is 9.54. The summed E-state index contributed by atoms with van der Waals surface area (Å²) in [5.41, 5.74) is 8.62. The first-order valence-electron chi connectivity index (χ1n) is 8.63. The average molecular weight is 419 g/mol. The van der Waals surface area contributed by atoms with Gasteiger partial charge in [0.2, 0.25) is 0 Å². The van der Waals surface area contributed by atoms with Crippen molar-refractivity contribution in [2.45, 2.75) is 10.1 Å². The number of primary amides is 1. The number of ether oxygens (including phenoxy) is 1. The zero-order valence-electron chi connectivity index (χ0n) is 14.9. The summed E-state index contributed by atoms with van der Waals surface area (Å²) in [6, 6.07) is 19.7. The minimum Gasteiger partial charge on any atom is -0.381 e. The average Bonchev–Trinajstić information content (AvgIpc) is 3.31. The minimum atomic E-state index is -0.875. The molecular weight excluding hydrogens is 406 g/mol. The molecule has 5 rings (SSSR count). The fourth-order valence-corrected chi connectivity index (χ4v) is 4.85. The summed E-state index contributed by atoms with van der Waals surface area (Å²) in [5.74, 6) is 0. The topological polar surface area (TPSA) is 95.4 Å². The van der Waals surface area contributed by atoms with Crippen molar-refractivity contribution in [1.82, 2.24) is 19.6 Å². The number of benzene rings is 2. The Morgan fingerprint density at radius 1 is 1.00 bits per heavy atom. The number of hydrogen-bond donors (Lipinski definition) is 1. The maximum atomic E-state index is 11.1. The van der Waals surface area contributed by atoms with E-state index in [9.17, 15) is 4.79 Å². The zero-order chi connectivity index (χ0) is 19.8. The van der Waals surface area contributed by atoms with Crippen LogP contribution in [0, 0.1) is 0 Å². The molecule has 0 spiro atoms. The molecule has 3 heterocycles. The Morgan fingerprint density at radius 2 is 1.83 bits per heavy atom. The highest BCUT2D eigenvalue weighted by Gasteiger charge is 2.16. The number of fused-ring (bicyclic) bond motifs is 2. The SMILES string of the molecule is NC(=O)Oc1nc2c(-c3ccccc3Sc3nnc4ccccn34)cccc2s1. The highest BCUT2D eigenvalue weighted by atomic mass is 32.2. The number of amides is 1. The minimum absolute atomic E-state index is 0.230. The van der Waals surface area contributed by atoms with Crippen LogP contribution in [0.3, 0.4) is 0 Å². The molecule has 142 valence electrons. The monoisotopic (exact) mass is 419 g/mol. The quantitative estimate of drug-likeness (QED) is 0.457. The molecule has 0 saturated carbocycles. The molecule has 1 amide bonds. The molecule has 0 aliphatic carbocycles. The molecule has 3 aromatic heterocycles. The number of rotatable bonds is 4. The summed E-state index contributed by atoms with van der Waals surface area (Å²) < 4.78 is 7.83. The lowest BCUT2D eigenvalue weighted by Crippen LogP contribution is -2.15. The molecule has 2 aromatic carbocycles. The third-order valence-electron chi connectivity index (χ3n) is 4.25. The van der Waals surface area contributed by atoms with E-state index in [2.05, 4.69) is 15.2 Å². The second-order valence-electron chi connectivity index (χ2n) is 6.06. The van der Waals surface area contributed by atoms with E-state index in [1.54, 1.807) is 0 Å². The van der Waals surface area contributed by atoms with Crippen molar-refractivity contribution < 1.29 is 9.53 Å². The van der Waals surface area contributed by atoms with Crippen molar-refractivity contribution in [3.8, 4) is 16.3 Å². The molecule has 0 saturated heterocycles. The molecule has 0 fully saturated rings. The van der Waals surface area contributed by atoms with Crippen LogP contribution in [-0.4, -0.2) is 25.7 Å². The van der Waals surface area contributed by atoms with E-state index in [0.717, 1.165) is 37.0 Å². The molecule has 9 heteroatoms. The van der Waals surface area contributed by atoms with Crippen LogP contribution < -0.4 is 10.5 Å². The van der Waals surface area contributed by atoms with Crippen LogP contribution in [0.2, 0.25) is 0 Å². The van der Waals surface area contributed by atoms with Crippen LogP contribution in [0.5, 0.6) is 5.19 Å². The second kappa shape index (κ2) is 7.19. The Morgan fingerprint density at radius 3 is 2.72 bits per heavy atom. The maximum absolute atomic E-state index is 11.1. The molecule has 29 heavy (non-hydrogen) atoms. The first kappa shape index (κ1) is 17.7. The highest BCUT2D eigenvalue weighted by Crippen LogP contribution is 2.40. The van der Waals surface area contributed by atoms with Gasteiger partial charge in [-0.15, -0.1) is 10.2 Å². The predicted octanol–water partition coefficient (Wildman–Crippen LogP) is 4.61. The molecule has 7 nitrogen and oxygen atoms in total. The largest absolute Gasteiger partial charge is 0.411 e. The Balaban J connectivity index is 1.61. The van der Waals surface area contributed by atoms with Crippen molar-refractivity contribution in [3.05, 3.63) is 66.9 Å². The third-order valence-corrected chi connectivity index (χ3v) is 6.18. The maximum Gasteiger partial charge on any atom is 0.411 e. The van der Waals surface area contributed by atoms with Gasteiger partial charge in [0.1, 0.15) is 0 Å². The normalized spacial score (nSPS) is 11.2. The van der Waals surface area contributed by atoms with E-state index < -0.39 is 6.09 Å². The fraction of sp³-hybridized carbons (Fsp3) is 0. The smallest absolute Gasteiger partial charge is 0.381 e. The Hall–Kier alpha value is -3.43. The van der Waals surface area contributed by atoms with Gasteiger partial charge in [-0.3, -0.25) is 4.40 Å². The van der Waals surface area contributed by atoms with E-state index >= 15 is 0 Å². The third kappa shape index (κ3) is 3.30. The van der Waals surface area contributed by atoms with Crippen LogP contribution in [0.25, 0.3) is 27.0 Å². The van der Waals surface area contributed by atoms with Crippen molar-refractivity contribution in [2.24, 2.45) is 5.73 Å². The van der Waals surface area contributed by atoms with Crippen LogP contribution in [0.4, 0.5) is 4.79 Å². The van der Waals surface area contributed by atoms with Gasteiger partial charge in [0.15, 0.2) is 10.8 Å². The van der Waals surface area contributed by atoms with E-state index in [1.165, 1.54) is 23.1 Å². The number of nitrogens with zero attached hydrogens (tertiary/aromatic N) is 4. The predicted molar refractivity (Wildman–Crippen MR) is 112 cm³/mol. The van der Waals surface area contributed by atoms with Crippen molar-refractivity contribution in [3.63, 3.8) is 0 Å². The van der Waals surface area contributed by atoms with Gasteiger partial charge in [-0.05, 0) is 41.6 Å². The number of hydrogen-bond acceptors (Lipinski definition) is 7. The molecular formula is C20H13N5O2S2. The highest BCUT2D eigenvalue weighted by molar-refractivity contribution is 7.99. The number of carbonyl (C=O) groups is 1. The van der Waals surface area contributed by atoms with Gasteiger partial charge in [0.25, 0.3) is 5.19 Å². The van der Waals surface area contributed by atoms with Crippen LogP contribution in [-0.2, 0) is 0 Å². The van der Waals surface area contributed by atoms with Gasteiger partial charge in [0, 0.05) is 16.7 Å². The fourth-order valence-electron chi connectivity index (χ4n) is 3.04. The Bertz CT molecular complexity index is 1360. The lowest BCUT2D eigenvalue weighted by molar-refractivity contribution is 0.211. The van der Waals surface area contributed by atoms with Crippen LogP contribution in [0.1, 0.15) is 0 Å². The summed E-state index contributed by atoms with van der Waals surface area (Å²) in [6.45, 7) is 0. The molecule has 2 N–H and O–H groups in total. The van der Waals surface area contributed by atoms with Crippen molar-refractivity contribution >= 4 is 45.1 Å². The molecule has 0 bridgehead atoms. The summed E-state index contributed by atoms with van der Waals surface area (Å²) in [7, 11) is 0. The first-order chi connectivity index (χ1) is 14.2. The first-order valence-corrected chi connectivity index (χ1v) is 10.3. The lowest BCUT2D eigenvalue weighted by atomic mass is 10.0. The summed E-state index contributed by atoms with van der Waals surface area (Å²) >= 11 is 2.81. The van der Waals surface area contributed by atoms with E-state index in [0.29, 0.717) is 0 Å². The standard InChI is InChI=1S/C20H13N5O2S2/c21-18(26)27-20-22-17-13(7-5-9-15(17)29-20)12-6-1-2-8-14(12)28-19-24-23-16-10-3-4-11-25(16)19/h1-11H,(H2,21,26). The molecule has 0 aliphatic heterocycles. The van der Waals surface area contributed by atoms with Gasteiger partial charge < -0.3 is 10.5 Å². The number of para-hydroxylation sites is 1. The van der Waals surface area contributed by atoms with Crippen LogP contribution >= 0.6 is 23.1 Å². The molecule has 0 radical (unpaired) electrons. The van der Waals surface area contributed by atoms with E-state index in [-0.39, 0.29) is 5.19 Å². The second-order valence-corrected chi connectivity index (χ2v) is 8.07. The molecule has 5 aromatic rings. The van der Waals surface area contributed by atoms with Gasteiger partial charge in [-0.1, -0.05) is 47.7 Å². The Labute approximate surface area is 173 Å². The Kier molecular flexibility index (Phi) is 4.38. The van der Waals surface area contributed by atoms with Crippen molar-refractivity contribution in [1.29, 1.82) is 0 Å². The summed E-state index contributed by atoms with van der Waals surface area (Å²) in [4.78, 5) is 16.6. The van der Waals surface area contributed by atoms with E-state index in [4.69, 9.17) is 10.5 Å². The number of carbonyl (C=O) groups excluding carboxylic acids is 1. The molecule has 0 unspecified atom stereocenters. The number of nitrogens with two attached hydrogens (primary N) is 1. The van der Waals surface area contributed by atoms with E-state index in [1.807, 2.05) is 71.3 Å². The lowest BCUT2D eigenvalue weighted by Gasteiger charge is -2.09. The van der Waals surface area contributed by atoms with Gasteiger partial charge in [-0.25, -0.2) is 9.78 Å². The van der Waals surface area contributed by atoms with Crippen LogP contribution in [0.15, 0.2) is 76.9 Å². The number of thiazole rings is 1.